The molecule has 0 saturated carbocycles. The van der Waals surface area contributed by atoms with Crippen LogP contribution in [0, 0.1) is 0 Å². The van der Waals surface area contributed by atoms with Crippen LogP contribution in [0.4, 0.5) is 4.79 Å². The van der Waals surface area contributed by atoms with Crippen LogP contribution in [-0.4, -0.2) is 33.1 Å². The molecule has 7 nitrogen and oxygen atoms in total. The number of nitrogens with zero attached hydrogens (tertiary/aromatic N) is 2. The molecule has 1 aromatic rings. The van der Waals surface area contributed by atoms with E-state index in [0.717, 1.165) is 0 Å². The van der Waals surface area contributed by atoms with E-state index in [9.17, 15) is 9.59 Å². The van der Waals surface area contributed by atoms with Crippen LogP contribution in [-0.2, 0) is 11.3 Å². The van der Waals surface area contributed by atoms with Crippen molar-refractivity contribution < 1.29 is 14.7 Å². The molecule has 0 aliphatic carbocycles. The van der Waals surface area contributed by atoms with Crippen molar-refractivity contribution >= 4 is 12.0 Å². The van der Waals surface area contributed by atoms with E-state index >= 15 is 0 Å². The number of nitrogens with one attached hydrogen (secondary N) is 2. The van der Waals surface area contributed by atoms with E-state index in [-0.39, 0.29) is 6.54 Å². The van der Waals surface area contributed by atoms with E-state index in [1.807, 2.05) is 0 Å². The fraction of sp³-hybridized carbons (Fsp3) is 0.400. The molecule has 17 heavy (non-hydrogen) atoms. The SMILES string of the molecule is CC[C@H](NC(=O)NCc1ccncn1)C(=O)O. The minimum atomic E-state index is -1.05. The maximum atomic E-state index is 11.4. The summed E-state index contributed by atoms with van der Waals surface area (Å²) in [6.07, 6.45) is 3.27. The molecular weight excluding hydrogens is 224 g/mol. The van der Waals surface area contributed by atoms with Gasteiger partial charge in [-0.2, -0.15) is 0 Å². The van der Waals surface area contributed by atoms with Crippen LogP contribution in [0.3, 0.4) is 0 Å². The molecule has 0 fully saturated rings. The monoisotopic (exact) mass is 238 g/mol. The van der Waals surface area contributed by atoms with Gasteiger partial charge in [-0.1, -0.05) is 6.92 Å². The number of urea groups is 1. The number of carbonyl (C=O) groups is 2. The van der Waals surface area contributed by atoms with E-state index in [4.69, 9.17) is 5.11 Å². The molecule has 0 unspecified atom stereocenters. The van der Waals surface area contributed by atoms with Gasteiger partial charge in [-0.3, -0.25) is 0 Å². The Bertz CT molecular complexity index is 382. The Kier molecular flexibility index (Phi) is 4.86. The van der Waals surface area contributed by atoms with Crippen LogP contribution in [0.1, 0.15) is 19.0 Å². The second-order valence-electron chi connectivity index (χ2n) is 3.33. The zero-order valence-electron chi connectivity index (χ0n) is 9.38. The van der Waals surface area contributed by atoms with Crippen LogP contribution in [0.5, 0.6) is 0 Å². The molecule has 3 N–H and O–H groups in total. The molecule has 0 saturated heterocycles. The Labute approximate surface area is 98.3 Å². The molecule has 1 aromatic heterocycles. The summed E-state index contributed by atoms with van der Waals surface area (Å²) in [5, 5.41) is 13.6. The molecule has 0 radical (unpaired) electrons. The van der Waals surface area contributed by atoms with Gasteiger partial charge in [-0.15, -0.1) is 0 Å². The molecular formula is C10H14N4O3. The third-order valence-corrected chi connectivity index (χ3v) is 2.08. The van der Waals surface area contributed by atoms with Crippen LogP contribution in [0.15, 0.2) is 18.6 Å². The van der Waals surface area contributed by atoms with Crippen LogP contribution >= 0.6 is 0 Å². The third kappa shape index (κ3) is 4.45. The summed E-state index contributed by atoms with van der Waals surface area (Å²) in [5.41, 5.74) is 0.651. The Balaban J connectivity index is 2.37. The molecule has 7 heteroatoms. The molecule has 92 valence electrons. The summed E-state index contributed by atoms with van der Waals surface area (Å²) in [5.74, 6) is -1.05. The summed E-state index contributed by atoms with van der Waals surface area (Å²) in [7, 11) is 0. The Morgan fingerprint density at radius 3 is 2.82 bits per heavy atom. The van der Waals surface area contributed by atoms with Gasteiger partial charge >= 0.3 is 12.0 Å². The number of carboxylic acid groups (broad SMARTS) is 1. The van der Waals surface area contributed by atoms with E-state index < -0.39 is 18.0 Å². The zero-order valence-corrected chi connectivity index (χ0v) is 9.38. The highest BCUT2D eigenvalue weighted by molar-refractivity contribution is 5.82. The van der Waals surface area contributed by atoms with Gasteiger partial charge in [0.25, 0.3) is 0 Å². The van der Waals surface area contributed by atoms with E-state index in [1.165, 1.54) is 6.33 Å². The highest BCUT2D eigenvalue weighted by Gasteiger charge is 2.16. The average molecular weight is 238 g/mol. The summed E-state index contributed by atoms with van der Waals surface area (Å²) in [6, 6.07) is 0.257. The van der Waals surface area contributed by atoms with Crippen LogP contribution < -0.4 is 10.6 Å². The first-order valence-corrected chi connectivity index (χ1v) is 5.15. The molecule has 0 spiro atoms. The molecule has 1 heterocycles. The maximum absolute atomic E-state index is 11.4. The van der Waals surface area contributed by atoms with Crippen molar-refractivity contribution in [3.05, 3.63) is 24.3 Å². The third-order valence-electron chi connectivity index (χ3n) is 2.08. The predicted molar refractivity (Wildman–Crippen MR) is 59.1 cm³/mol. The van der Waals surface area contributed by atoms with E-state index in [0.29, 0.717) is 12.1 Å². The van der Waals surface area contributed by atoms with Crippen molar-refractivity contribution in [3.63, 3.8) is 0 Å². The summed E-state index contributed by atoms with van der Waals surface area (Å²) in [6.45, 7) is 1.91. The standard InChI is InChI=1S/C10H14N4O3/c1-2-8(9(15)16)14-10(17)12-5-7-3-4-11-6-13-7/h3-4,6,8H,2,5H2,1H3,(H,15,16)(H2,12,14,17)/t8-/m0/s1. The number of hydrogen-bond donors (Lipinski definition) is 3. The van der Waals surface area contributed by atoms with E-state index in [1.54, 1.807) is 19.2 Å². The minimum absolute atomic E-state index is 0.227. The summed E-state index contributed by atoms with van der Waals surface area (Å²) >= 11 is 0. The van der Waals surface area contributed by atoms with Crippen molar-refractivity contribution in [1.29, 1.82) is 0 Å². The number of amides is 2. The van der Waals surface area contributed by atoms with Gasteiger partial charge in [0.2, 0.25) is 0 Å². The van der Waals surface area contributed by atoms with Gasteiger partial charge in [0.15, 0.2) is 0 Å². The quantitative estimate of drug-likeness (QED) is 0.676. The van der Waals surface area contributed by atoms with Gasteiger partial charge in [-0.25, -0.2) is 19.6 Å². The van der Waals surface area contributed by atoms with Crippen molar-refractivity contribution in [2.45, 2.75) is 25.9 Å². The lowest BCUT2D eigenvalue weighted by Crippen LogP contribution is -2.45. The normalized spacial score (nSPS) is 11.6. The van der Waals surface area contributed by atoms with Crippen molar-refractivity contribution in [2.75, 3.05) is 0 Å². The lowest BCUT2D eigenvalue weighted by molar-refractivity contribution is -0.139. The second-order valence-corrected chi connectivity index (χ2v) is 3.33. The minimum Gasteiger partial charge on any atom is -0.480 e. The smallest absolute Gasteiger partial charge is 0.326 e. The molecule has 0 bridgehead atoms. The van der Waals surface area contributed by atoms with Gasteiger partial charge < -0.3 is 15.7 Å². The first kappa shape index (κ1) is 12.9. The van der Waals surface area contributed by atoms with Gasteiger partial charge in [-0.05, 0) is 12.5 Å². The molecule has 0 aliphatic rings. The van der Waals surface area contributed by atoms with E-state index in [2.05, 4.69) is 20.6 Å². The topological polar surface area (TPSA) is 104 Å². The van der Waals surface area contributed by atoms with Crippen molar-refractivity contribution in [1.82, 2.24) is 20.6 Å². The predicted octanol–water partition coefficient (Wildman–Crippen LogP) is 0.139. The number of rotatable bonds is 5. The maximum Gasteiger partial charge on any atom is 0.326 e. The van der Waals surface area contributed by atoms with Crippen molar-refractivity contribution in [3.8, 4) is 0 Å². The first-order chi connectivity index (χ1) is 8.13. The lowest BCUT2D eigenvalue weighted by Gasteiger charge is -2.12. The number of aliphatic carboxylic acids is 1. The molecule has 1 rings (SSSR count). The van der Waals surface area contributed by atoms with Crippen LogP contribution in [0.2, 0.25) is 0 Å². The Morgan fingerprint density at radius 1 is 1.53 bits per heavy atom. The first-order valence-electron chi connectivity index (χ1n) is 5.15. The molecule has 0 aliphatic heterocycles. The zero-order chi connectivity index (χ0) is 12.7. The number of hydrogen-bond acceptors (Lipinski definition) is 4. The molecule has 1 atom stereocenters. The summed E-state index contributed by atoms with van der Waals surface area (Å²) in [4.78, 5) is 29.7. The fourth-order valence-corrected chi connectivity index (χ4v) is 1.14. The number of carboxylic acids is 1. The van der Waals surface area contributed by atoms with Gasteiger partial charge in [0.05, 0.1) is 12.2 Å². The van der Waals surface area contributed by atoms with Gasteiger partial charge in [0.1, 0.15) is 12.4 Å². The number of aromatic nitrogens is 2. The highest BCUT2D eigenvalue weighted by Crippen LogP contribution is 1.92. The lowest BCUT2D eigenvalue weighted by atomic mass is 10.2. The number of carbonyl (C=O) groups excluding carboxylic acids is 1. The van der Waals surface area contributed by atoms with Crippen LogP contribution in [0.25, 0.3) is 0 Å². The highest BCUT2D eigenvalue weighted by atomic mass is 16.4. The molecule has 2 amide bonds. The summed E-state index contributed by atoms with van der Waals surface area (Å²) < 4.78 is 0. The van der Waals surface area contributed by atoms with Crippen molar-refractivity contribution in [2.24, 2.45) is 0 Å². The van der Waals surface area contributed by atoms with Gasteiger partial charge in [0, 0.05) is 6.20 Å². The fourth-order valence-electron chi connectivity index (χ4n) is 1.14. The molecule has 0 aromatic carbocycles. The Hall–Kier alpha value is -2.18. The largest absolute Gasteiger partial charge is 0.480 e. The Morgan fingerprint density at radius 2 is 2.29 bits per heavy atom. The second kappa shape index (κ2) is 6.41. The average Bonchev–Trinajstić information content (AvgIpc) is 2.34.